The lowest BCUT2D eigenvalue weighted by Gasteiger charge is -2.24. The molecule has 0 fully saturated rings. The molecule has 0 heterocycles. The van der Waals surface area contributed by atoms with E-state index in [1.807, 2.05) is 13.8 Å². The molecule has 1 aliphatic rings. The molecule has 1 atom stereocenters. The highest BCUT2D eigenvalue weighted by molar-refractivity contribution is 5.89. The molecule has 0 aromatic heterocycles. The van der Waals surface area contributed by atoms with E-state index in [1.165, 1.54) is 18.3 Å². The van der Waals surface area contributed by atoms with Crippen LogP contribution in [-0.2, 0) is 9.53 Å². The highest BCUT2D eigenvalue weighted by Crippen LogP contribution is 2.33. The van der Waals surface area contributed by atoms with Crippen molar-refractivity contribution in [2.75, 3.05) is 7.11 Å². The van der Waals surface area contributed by atoms with Crippen LogP contribution in [0.3, 0.4) is 0 Å². The summed E-state index contributed by atoms with van der Waals surface area (Å²) in [4.78, 5) is 11.4. The van der Waals surface area contributed by atoms with Gasteiger partial charge < -0.3 is 4.74 Å². The van der Waals surface area contributed by atoms with E-state index in [2.05, 4.69) is 6.58 Å². The zero-order chi connectivity index (χ0) is 10.7. The third-order valence-electron chi connectivity index (χ3n) is 2.96. The molecule has 78 valence electrons. The first-order valence-electron chi connectivity index (χ1n) is 4.98. The van der Waals surface area contributed by atoms with E-state index in [1.54, 1.807) is 0 Å². The zero-order valence-electron chi connectivity index (χ0n) is 9.22. The molecule has 2 heteroatoms. The summed E-state index contributed by atoms with van der Waals surface area (Å²) in [7, 11) is 1.44. The number of carbonyl (C=O) groups excluding carboxylic acids is 1. The predicted octanol–water partition coefficient (Wildman–Crippen LogP) is 2.85. The van der Waals surface area contributed by atoms with Crippen LogP contribution < -0.4 is 0 Å². The van der Waals surface area contributed by atoms with Crippen LogP contribution >= 0.6 is 0 Å². The summed E-state index contributed by atoms with van der Waals surface area (Å²) in [5.41, 5.74) is 3.19. The Kier molecular flexibility index (Phi) is 3.50. The van der Waals surface area contributed by atoms with Crippen LogP contribution in [0, 0.1) is 5.92 Å². The average molecular weight is 194 g/mol. The van der Waals surface area contributed by atoms with Gasteiger partial charge in [0.25, 0.3) is 0 Å². The number of allylic oxidation sites excluding steroid dienone is 2. The van der Waals surface area contributed by atoms with E-state index in [-0.39, 0.29) is 5.97 Å². The first-order valence-corrected chi connectivity index (χ1v) is 4.98. The van der Waals surface area contributed by atoms with Crippen molar-refractivity contribution in [3.63, 3.8) is 0 Å². The molecular weight excluding hydrogens is 176 g/mol. The van der Waals surface area contributed by atoms with Crippen molar-refractivity contribution >= 4 is 5.97 Å². The van der Waals surface area contributed by atoms with Gasteiger partial charge in [-0.15, -0.1) is 0 Å². The van der Waals surface area contributed by atoms with E-state index < -0.39 is 0 Å². The number of esters is 1. The molecule has 0 radical (unpaired) electrons. The largest absolute Gasteiger partial charge is 0.466 e. The standard InChI is InChI=1S/C12H18O2/c1-8(2)10-6-5-9(3)11(7-10)12(13)14-4/h10H,1,5-7H2,2-4H3. The molecule has 0 saturated carbocycles. The Morgan fingerprint density at radius 1 is 1.57 bits per heavy atom. The molecule has 1 rings (SSSR count). The molecule has 0 aromatic carbocycles. The van der Waals surface area contributed by atoms with Crippen molar-refractivity contribution in [3.8, 4) is 0 Å². The zero-order valence-corrected chi connectivity index (χ0v) is 9.22. The number of carbonyl (C=O) groups is 1. The summed E-state index contributed by atoms with van der Waals surface area (Å²) in [6.45, 7) is 7.99. The third kappa shape index (κ3) is 2.25. The second-order valence-electron chi connectivity index (χ2n) is 4.04. The van der Waals surface area contributed by atoms with Gasteiger partial charge in [-0.05, 0) is 39.0 Å². The average Bonchev–Trinajstić information content (AvgIpc) is 2.17. The number of methoxy groups -OCH3 is 1. The van der Waals surface area contributed by atoms with Crippen molar-refractivity contribution in [2.24, 2.45) is 5.92 Å². The monoisotopic (exact) mass is 194 g/mol. The quantitative estimate of drug-likeness (QED) is 0.499. The summed E-state index contributed by atoms with van der Waals surface area (Å²) in [6, 6.07) is 0. The molecule has 0 aliphatic heterocycles. The minimum Gasteiger partial charge on any atom is -0.466 e. The number of hydrogen-bond donors (Lipinski definition) is 0. The first-order chi connectivity index (χ1) is 6.56. The van der Waals surface area contributed by atoms with Crippen LogP contribution in [0.25, 0.3) is 0 Å². The maximum Gasteiger partial charge on any atom is 0.333 e. The lowest BCUT2D eigenvalue weighted by Crippen LogP contribution is -2.17. The van der Waals surface area contributed by atoms with E-state index in [4.69, 9.17) is 4.74 Å². The van der Waals surface area contributed by atoms with Crippen LogP contribution in [0.2, 0.25) is 0 Å². The Labute approximate surface area is 85.6 Å². The Morgan fingerprint density at radius 3 is 2.71 bits per heavy atom. The van der Waals surface area contributed by atoms with Gasteiger partial charge >= 0.3 is 5.97 Å². The predicted molar refractivity (Wildman–Crippen MR) is 56.9 cm³/mol. The maximum absolute atomic E-state index is 11.4. The van der Waals surface area contributed by atoms with E-state index >= 15 is 0 Å². The summed E-state index contributed by atoms with van der Waals surface area (Å²) in [6.07, 6.45) is 2.90. The van der Waals surface area contributed by atoms with Crippen LogP contribution in [0.1, 0.15) is 33.1 Å². The van der Waals surface area contributed by atoms with Gasteiger partial charge in [0.1, 0.15) is 0 Å². The van der Waals surface area contributed by atoms with Gasteiger partial charge in [0.05, 0.1) is 7.11 Å². The minimum atomic E-state index is -0.173. The van der Waals surface area contributed by atoms with Crippen LogP contribution in [0.5, 0.6) is 0 Å². The molecule has 2 nitrogen and oxygen atoms in total. The van der Waals surface area contributed by atoms with Gasteiger partial charge in [-0.2, -0.15) is 0 Å². The highest BCUT2D eigenvalue weighted by atomic mass is 16.5. The maximum atomic E-state index is 11.4. The molecule has 0 spiro atoms. The van der Waals surface area contributed by atoms with Gasteiger partial charge in [0, 0.05) is 5.57 Å². The minimum absolute atomic E-state index is 0.173. The summed E-state index contributed by atoms with van der Waals surface area (Å²) in [5, 5.41) is 0. The summed E-state index contributed by atoms with van der Waals surface area (Å²) in [5.74, 6) is 0.279. The van der Waals surface area contributed by atoms with Gasteiger partial charge in [-0.3, -0.25) is 0 Å². The second-order valence-corrected chi connectivity index (χ2v) is 4.04. The third-order valence-corrected chi connectivity index (χ3v) is 2.96. The Balaban J connectivity index is 2.81. The molecular formula is C12H18O2. The van der Waals surface area contributed by atoms with Crippen LogP contribution in [-0.4, -0.2) is 13.1 Å². The lowest BCUT2D eigenvalue weighted by molar-refractivity contribution is -0.136. The van der Waals surface area contributed by atoms with E-state index in [0.717, 1.165) is 24.8 Å². The van der Waals surface area contributed by atoms with Crippen molar-refractivity contribution in [1.29, 1.82) is 0 Å². The Morgan fingerprint density at radius 2 is 2.21 bits per heavy atom. The first kappa shape index (κ1) is 11.0. The molecule has 0 bridgehead atoms. The molecule has 14 heavy (non-hydrogen) atoms. The Hall–Kier alpha value is -1.05. The molecule has 0 amide bonds. The fraction of sp³-hybridized carbons (Fsp3) is 0.583. The fourth-order valence-corrected chi connectivity index (χ4v) is 1.87. The second kappa shape index (κ2) is 4.45. The summed E-state index contributed by atoms with van der Waals surface area (Å²) < 4.78 is 4.76. The fourth-order valence-electron chi connectivity index (χ4n) is 1.87. The van der Waals surface area contributed by atoms with Crippen molar-refractivity contribution < 1.29 is 9.53 Å². The number of ether oxygens (including phenoxy) is 1. The van der Waals surface area contributed by atoms with Gasteiger partial charge in [-0.1, -0.05) is 17.7 Å². The number of rotatable bonds is 2. The molecule has 1 unspecified atom stereocenters. The van der Waals surface area contributed by atoms with E-state index in [0.29, 0.717) is 5.92 Å². The Bertz CT molecular complexity index is 287. The molecule has 0 aromatic rings. The molecule has 0 saturated heterocycles. The van der Waals surface area contributed by atoms with Crippen molar-refractivity contribution in [2.45, 2.75) is 33.1 Å². The van der Waals surface area contributed by atoms with Gasteiger partial charge in [0.15, 0.2) is 0 Å². The normalized spacial score (nSPS) is 22.1. The van der Waals surface area contributed by atoms with E-state index in [9.17, 15) is 4.79 Å². The summed E-state index contributed by atoms with van der Waals surface area (Å²) >= 11 is 0. The van der Waals surface area contributed by atoms with Crippen LogP contribution in [0.4, 0.5) is 0 Å². The molecule has 1 aliphatic carbocycles. The van der Waals surface area contributed by atoms with Crippen LogP contribution in [0.15, 0.2) is 23.3 Å². The van der Waals surface area contributed by atoms with Crippen molar-refractivity contribution in [1.82, 2.24) is 0 Å². The SMILES string of the molecule is C=C(C)C1CCC(C)=C(C(=O)OC)C1. The number of hydrogen-bond acceptors (Lipinski definition) is 2. The van der Waals surface area contributed by atoms with Gasteiger partial charge in [0.2, 0.25) is 0 Å². The lowest BCUT2D eigenvalue weighted by atomic mass is 9.81. The highest BCUT2D eigenvalue weighted by Gasteiger charge is 2.24. The van der Waals surface area contributed by atoms with Crippen molar-refractivity contribution in [3.05, 3.63) is 23.3 Å². The van der Waals surface area contributed by atoms with Gasteiger partial charge in [-0.25, -0.2) is 4.79 Å². The smallest absolute Gasteiger partial charge is 0.333 e. The topological polar surface area (TPSA) is 26.3 Å². The molecule has 0 N–H and O–H groups in total.